The number of ether oxygens (including phenoxy) is 2. The third kappa shape index (κ3) is 8.87. The fraction of sp³-hybridized carbons (Fsp3) is 0.480. The maximum absolute atomic E-state index is 10.7. The van der Waals surface area contributed by atoms with Crippen LogP contribution in [0.2, 0.25) is 0 Å². The number of carboxylic acids is 1. The molecule has 3 N–H and O–H groups in total. The van der Waals surface area contributed by atoms with Gasteiger partial charge in [0.2, 0.25) is 0 Å². The third-order valence-corrected chi connectivity index (χ3v) is 4.93. The second kappa shape index (κ2) is 12.2. The molecule has 0 atom stereocenters. The van der Waals surface area contributed by atoms with E-state index in [4.69, 9.17) is 20.3 Å². The molecule has 0 aromatic heterocycles. The molecule has 0 unspecified atom stereocenters. The lowest BCUT2D eigenvalue weighted by Crippen LogP contribution is -2.22. The van der Waals surface area contributed by atoms with Crippen molar-refractivity contribution in [2.45, 2.75) is 78.0 Å². The van der Waals surface area contributed by atoms with Gasteiger partial charge in [0, 0.05) is 6.04 Å². The Hall–Kier alpha value is -2.53. The van der Waals surface area contributed by atoms with Gasteiger partial charge in [0.1, 0.15) is 18.1 Å². The van der Waals surface area contributed by atoms with Gasteiger partial charge >= 0.3 is 5.97 Å². The van der Waals surface area contributed by atoms with E-state index in [-0.39, 0.29) is 12.5 Å². The number of benzene rings is 2. The molecule has 0 bridgehead atoms. The van der Waals surface area contributed by atoms with Crippen LogP contribution >= 0.6 is 0 Å². The molecule has 0 aliphatic heterocycles. The van der Waals surface area contributed by atoms with Crippen LogP contribution in [0, 0.1) is 6.92 Å². The fourth-order valence-electron chi connectivity index (χ4n) is 3.39. The Labute approximate surface area is 180 Å². The second-order valence-corrected chi connectivity index (χ2v) is 8.17. The minimum absolute atomic E-state index is 0.0262. The van der Waals surface area contributed by atoms with E-state index in [1.54, 1.807) is 6.07 Å². The molecule has 1 aliphatic carbocycles. The third-order valence-electron chi connectivity index (χ3n) is 4.93. The minimum Gasteiger partial charge on any atom is -0.491 e. The minimum atomic E-state index is -0.832. The summed E-state index contributed by atoms with van der Waals surface area (Å²) in [6.07, 6.45) is 6.85. The summed E-state index contributed by atoms with van der Waals surface area (Å²) in [6, 6.07) is 13.8. The normalized spacial score (nSPS) is 14.0. The monoisotopic (exact) mass is 413 g/mol. The molecular weight excluding hydrogens is 378 g/mol. The van der Waals surface area contributed by atoms with E-state index < -0.39 is 5.97 Å². The zero-order chi connectivity index (χ0) is 21.9. The Balaban J connectivity index is 0.000000386. The number of hydrogen-bond donors (Lipinski definition) is 2. The lowest BCUT2D eigenvalue weighted by Gasteiger charge is -2.15. The maximum Gasteiger partial charge on any atom is 0.307 e. The van der Waals surface area contributed by atoms with Gasteiger partial charge in [-0.1, -0.05) is 43.5 Å². The molecule has 0 saturated heterocycles. The molecule has 2 aromatic carbocycles. The SMILES string of the molecule is Cc1cc(CC(=O)O)ccc1OCc1ccc(OC(C)C)cc1.NC1CCCCC1. The zero-order valence-electron chi connectivity index (χ0n) is 18.4. The number of hydrogen-bond acceptors (Lipinski definition) is 4. The Kier molecular flexibility index (Phi) is 9.68. The fourth-order valence-corrected chi connectivity index (χ4v) is 3.39. The predicted octanol–water partition coefficient (Wildman–Crippen LogP) is 5.27. The summed E-state index contributed by atoms with van der Waals surface area (Å²) in [7, 11) is 0. The molecule has 0 spiro atoms. The Morgan fingerprint density at radius 3 is 2.20 bits per heavy atom. The van der Waals surface area contributed by atoms with Crippen LogP contribution in [0.4, 0.5) is 0 Å². The molecule has 1 aliphatic rings. The van der Waals surface area contributed by atoms with E-state index >= 15 is 0 Å². The number of carboxylic acid groups (broad SMARTS) is 1. The summed E-state index contributed by atoms with van der Waals surface area (Å²) in [5, 5.41) is 8.81. The molecule has 1 fully saturated rings. The summed E-state index contributed by atoms with van der Waals surface area (Å²) >= 11 is 0. The van der Waals surface area contributed by atoms with Gasteiger partial charge in [0.15, 0.2) is 0 Å². The predicted molar refractivity (Wildman–Crippen MR) is 120 cm³/mol. The molecule has 30 heavy (non-hydrogen) atoms. The van der Waals surface area contributed by atoms with Crippen molar-refractivity contribution in [1.82, 2.24) is 0 Å². The first-order valence-corrected chi connectivity index (χ1v) is 10.8. The molecule has 2 aromatic rings. The van der Waals surface area contributed by atoms with Crippen molar-refractivity contribution in [3.63, 3.8) is 0 Å². The van der Waals surface area contributed by atoms with Gasteiger partial charge in [0.25, 0.3) is 0 Å². The van der Waals surface area contributed by atoms with Crippen LogP contribution in [0.1, 0.15) is 62.6 Å². The number of carbonyl (C=O) groups is 1. The van der Waals surface area contributed by atoms with Crippen LogP contribution in [0.25, 0.3) is 0 Å². The van der Waals surface area contributed by atoms with Gasteiger partial charge in [-0.15, -0.1) is 0 Å². The molecular formula is C25H35NO4. The molecule has 1 saturated carbocycles. The molecule has 5 heteroatoms. The van der Waals surface area contributed by atoms with Gasteiger partial charge < -0.3 is 20.3 Å². The van der Waals surface area contributed by atoms with E-state index in [2.05, 4.69) is 0 Å². The average Bonchev–Trinajstić information content (AvgIpc) is 2.69. The highest BCUT2D eigenvalue weighted by Crippen LogP contribution is 2.22. The Bertz CT molecular complexity index is 780. The van der Waals surface area contributed by atoms with E-state index in [1.807, 2.05) is 57.2 Å². The number of nitrogens with two attached hydrogens (primary N) is 1. The summed E-state index contributed by atoms with van der Waals surface area (Å²) < 4.78 is 11.4. The molecule has 0 amide bonds. The lowest BCUT2D eigenvalue weighted by atomic mass is 9.97. The first-order chi connectivity index (χ1) is 14.3. The number of rotatable bonds is 7. The quantitative estimate of drug-likeness (QED) is 0.646. The van der Waals surface area contributed by atoms with Crippen LogP contribution in [-0.2, 0) is 17.8 Å². The first kappa shape index (κ1) is 23.7. The van der Waals surface area contributed by atoms with Crippen LogP contribution < -0.4 is 15.2 Å². The van der Waals surface area contributed by atoms with Gasteiger partial charge in [-0.25, -0.2) is 0 Å². The molecule has 0 radical (unpaired) electrons. The van der Waals surface area contributed by atoms with E-state index in [1.165, 1.54) is 32.1 Å². The smallest absolute Gasteiger partial charge is 0.307 e. The summed E-state index contributed by atoms with van der Waals surface area (Å²) in [5.41, 5.74) is 8.40. The van der Waals surface area contributed by atoms with E-state index in [0.717, 1.165) is 28.2 Å². The van der Waals surface area contributed by atoms with E-state index in [0.29, 0.717) is 12.6 Å². The van der Waals surface area contributed by atoms with E-state index in [9.17, 15) is 4.79 Å². The van der Waals surface area contributed by atoms with Crippen LogP contribution in [0.3, 0.4) is 0 Å². The van der Waals surface area contributed by atoms with Gasteiger partial charge in [0.05, 0.1) is 12.5 Å². The molecule has 3 rings (SSSR count). The van der Waals surface area contributed by atoms with Crippen molar-refractivity contribution < 1.29 is 19.4 Å². The Morgan fingerprint density at radius 1 is 1.07 bits per heavy atom. The van der Waals surface area contributed by atoms with Crippen molar-refractivity contribution in [2.75, 3.05) is 0 Å². The van der Waals surface area contributed by atoms with Gasteiger partial charge in [-0.05, 0) is 68.5 Å². The highest BCUT2D eigenvalue weighted by atomic mass is 16.5. The Morgan fingerprint density at radius 2 is 1.70 bits per heavy atom. The van der Waals surface area contributed by atoms with Gasteiger partial charge in [-0.3, -0.25) is 4.79 Å². The lowest BCUT2D eigenvalue weighted by molar-refractivity contribution is -0.136. The number of aryl methyl sites for hydroxylation is 1. The average molecular weight is 414 g/mol. The second-order valence-electron chi connectivity index (χ2n) is 8.17. The highest BCUT2D eigenvalue weighted by molar-refractivity contribution is 5.70. The molecule has 5 nitrogen and oxygen atoms in total. The van der Waals surface area contributed by atoms with Crippen LogP contribution in [-0.4, -0.2) is 23.2 Å². The van der Waals surface area contributed by atoms with Gasteiger partial charge in [-0.2, -0.15) is 0 Å². The zero-order valence-corrected chi connectivity index (χ0v) is 18.4. The largest absolute Gasteiger partial charge is 0.491 e. The van der Waals surface area contributed by atoms with Crippen LogP contribution in [0.5, 0.6) is 11.5 Å². The topological polar surface area (TPSA) is 81.8 Å². The van der Waals surface area contributed by atoms with Crippen molar-refractivity contribution >= 4 is 5.97 Å². The summed E-state index contributed by atoms with van der Waals surface area (Å²) in [6.45, 7) is 6.36. The van der Waals surface area contributed by atoms with Crippen molar-refractivity contribution in [3.8, 4) is 11.5 Å². The molecule has 164 valence electrons. The highest BCUT2D eigenvalue weighted by Gasteiger charge is 2.07. The van der Waals surface area contributed by atoms with Crippen molar-refractivity contribution in [2.24, 2.45) is 5.73 Å². The van der Waals surface area contributed by atoms with Crippen molar-refractivity contribution in [3.05, 3.63) is 59.2 Å². The first-order valence-electron chi connectivity index (χ1n) is 10.8. The summed E-state index contributed by atoms with van der Waals surface area (Å²) in [4.78, 5) is 10.7. The maximum atomic E-state index is 10.7. The molecule has 0 heterocycles. The standard InChI is InChI=1S/C19H22O4.C6H13N/c1-13(2)23-17-7-4-15(5-8-17)12-22-18-9-6-16(10-14(18)3)11-19(20)21;7-6-4-2-1-3-5-6/h4-10,13H,11-12H2,1-3H3,(H,20,21);6H,1-5,7H2. The summed E-state index contributed by atoms with van der Waals surface area (Å²) in [5.74, 6) is 0.779. The number of aliphatic carboxylic acids is 1. The van der Waals surface area contributed by atoms with Crippen LogP contribution in [0.15, 0.2) is 42.5 Å². The van der Waals surface area contributed by atoms with Crippen molar-refractivity contribution in [1.29, 1.82) is 0 Å².